The maximum absolute atomic E-state index is 5.83. The lowest BCUT2D eigenvalue weighted by Crippen LogP contribution is -2.48. The molecule has 0 atom stereocenters. The number of ether oxygens (including phenoxy) is 2. The largest absolute Gasteiger partial charge is 0.340 e. The molecule has 1 aliphatic rings. The van der Waals surface area contributed by atoms with Crippen LogP contribution in [-0.2, 0) is 9.47 Å². The second-order valence-electron chi connectivity index (χ2n) is 4.70. The van der Waals surface area contributed by atoms with Crippen molar-refractivity contribution in [3.8, 4) is 0 Å². The molecule has 13 heavy (non-hydrogen) atoms. The van der Waals surface area contributed by atoms with E-state index in [-0.39, 0.29) is 5.41 Å². The summed E-state index contributed by atoms with van der Waals surface area (Å²) in [5.74, 6) is 0.388. The average Bonchev–Trinajstić information content (AvgIpc) is 2.05. The Kier molecular flexibility index (Phi) is 3.31. The summed E-state index contributed by atoms with van der Waals surface area (Å²) in [6, 6.07) is 0. The van der Waals surface area contributed by atoms with Crippen LogP contribution in [0.5, 0.6) is 0 Å². The quantitative estimate of drug-likeness (QED) is 0.689. The van der Waals surface area contributed by atoms with Gasteiger partial charge in [-0.05, 0) is 6.26 Å². The van der Waals surface area contributed by atoms with E-state index in [1.807, 2.05) is 6.26 Å². The molecular formula is C10H20O2S. The Labute approximate surface area is 85.4 Å². The van der Waals surface area contributed by atoms with Crippen LogP contribution in [0.4, 0.5) is 0 Å². The molecular weight excluding hydrogens is 184 g/mol. The van der Waals surface area contributed by atoms with Crippen LogP contribution in [0.3, 0.4) is 0 Å². The van der Waals surface area contributed by atoms with E-state index < -0.39 is 5.12 Å². The molecule has 0 aromatic heterocycles. The Bertz CT molecular complexity index is 168. The Morgan fingerprint density at radius 1 is 1.15 bits per heavy atom. The third-order valence-electron chi connectivity index (χ3n) is 2.32. The minimum absolute atomic E-state index is 0.161. The first-order valence-corrected chi connectivity index (χ1v) is 5.97. The van der Waals surface area contributed by atoms with Gasteiger partial charge < -0.3 is 9.47 Å². The minimum Gasteiger partial charge on any atom is -0.340 e. The smallest absolute Gasteiger partial charge is 0.220 e. The van der Waals surface area contributed by atoms with Gasteiger partial charge in [-0.1, -0.05) is 27.7 Å². The molecule has 3 heteroatoms. The van der Waals surface area contributed by atoms with E-state index in [0.29, 0.717) is 5.92 Å². The van der Waals surface area contributed by atoms with Gasteiger partial charge in [-0.3, -0.25) is 0 Å². The molecule has 0 aliphatic carbocycles. The zero-order valence-electron chi connectivity index (χ0n) is 9.22. The Balaban J connectivity index is 2.63. The first-order chi connectivity index (χ1) is 5.92. The summed E-state index contributed by atoms with van der Waals surface area (Å²) >= 11 is 1.66. The fourth-order valence-electron chi connectivity index (χ4n) is 1.36. The summed E-state index contributed by atoms with van der Waals surface area (Å²) in [6.45, 7) is 10.2. The van der Waals surface area contributed by atoms with E-state index in [2.05, 4.69) is 27.7 Å². The van der Waals surface area contributed by atoms with Gasteiger partial charge in [0.2, 0.25) is 5.12 Å². The van der Waals surface area contributed by atoms with Crippen molar-refractivity contribution in [1.82, 2.24) is 0 Å². The van der Waals surface area contributed by atoms with Crippen molar-refractivity contribution >= 4 is 11.8 Å². The lowest BCUT2D eigenvalue weighted by atomic mass is 9.95. The molecule has 0 amide bonds. The summed E-state index contributed by atoms with van der Waals surface area (Å²) in [6.07, 6.45) is 2.04. The molecule has 0 bridgehead atoms. The predicted octanol–water partition coefficient (Wildman–Crippen LogP) is 2.73. The van der Waals surface area contributed by atoms with Crippen molar-refractivity contribution in [3.63, 3.8) is 0 Å². The van der Waals surface area contributed by atoms with Crippen LogP contribution in [0, 0.1) is 11.3 Å². The topological polar surface area (TPSA) is 18.5 Å². The SMILES string of the molecule is CSC1(C(C)C)OCC(C)(C)CO1. The first kappa shape index (κ1) is 11.3. The zero-order valence-corrected chi connectivity index (χ0v) is 10.0. The van der Waals surface area contributed by atoms with E-state index in [1.165, 1.54) is 0 Å². The normalized spacial score (nSPS) is 26.3. The van der Waals surface area contributed by atoms with E-state index in [0.717, 1.165) is 13.2 Å². The molecule has 1 saturated heterocycles. The monoisotopic (exact) mass is 204 g/mol. The van der Waals surface area contributed by atoms with Crippen LogP contribution in [0.1, 0.15) is 27.7 Å². The lowest BCUT2D eigenvalue weighted by Gasteiger charge is -2.44. The van der Waals surface area contributed by atoms with E-state index in [9.17, 15) is 0 Å². The van der Waals surface area contributed by atoms with Crippen molar-refractivity contribution in [2.75, 3.05) is 19.5 Å². The summed E-state index contributed by atoms with van der Waals surface area (Å²) in [5, 5.41) is -0.407. The van der Waals surface area contributed by atoms with Crippen molar-refractivity contribution in [2.24, 2.45) is 11.3 Å². The van der Waals surface area contributed by atoms with Gasteiger partial charge in [0.1, 0.15) is 0 Å². The van der Waals surface area contributed by atoms with Crippen molar-refractivity contribution in [3.05, 3.63) is 0 Å². The standard InChI is InChI=1S/C10H20O2S/c1-8(2)10(13-5)11-6-9(3,4)7-12-10/h8H,6-7H2,1-5H3. The molecule has 0 saturated carbocycles. The Morgan fingerprint density at radius 2 is 1.62 bits per heavy atom. The van der Waals surface area contributed by atoms with Gasteiger partial charge in [0, 0.05) is 11.3 Å². The minimum atomic E-state index is -0.407. The second-order valence-corrected chi connectivity index (χ2v) is 5.68. The molecule has 0 unspecified atom stereocenters. The zero-order chi connectivity index (χ0) is 10.1. The van der Waals surface area contributed by atoms with Gasteiger partial charge in [0.15, 0.2) is 0 Å². The maximum Gasteiger partial charge on any atom is 0.220 e. The van der Waals surface area contributed by atoms with Gasteiger partial charge in [-0.25, -0.2) is 0 Å². The third-order valence-corrected chi connectivity index (χ3v) is 3.60. The number of thioether (sulfide) groups is 1. The summed E-state index contributed by atoms with van der Waals surface area (Å²) in [7, 11) is 0. The summed E-state index contributed by atoms with van der Waals surface area (Å²) < 4.78 is 11.7. The highest BCUT2D eigenvalue weighted by Gasteiger charge is 2.42. The molecule has 0 aromatic carbocycles. The number of hydrogen-bond acceptors (Lipinski definition) is 3. The van der Waals surface area contributed by atoms with E-state index in [4.69, 9.17) is 9.47 Å². The van der Waals surface area contributed by atoms with E-state index in [1.54, 1.807) is 11.8 Å². The summed E-state index contributed by atoms with van der Waals surface area (Å²) in [5.41, 5.74) is 0.161. The molecule has 2 nitrogen and oxygen atoms in total. The van der Waals surface area contributed by atoms with Crippen LogP contribution in [-0.4, -0.2) is 24.6 Å². The second kappa shape index (κ2) is 3.79. The van der Waals surface area contributed by atoms with Crippen LogP contribution in [0.15, 0.2) is 0 Å². The average molecular weight is 204 g/mol. The molecule has 1 fully saturated rings. The molecule has 1 rings (SSSR count). The predicted molar refractivity (Wildman–Crippen MR) is 56.8 cm³/mol. The van der Waals surface area contributed by atoms with Crippen molar-refractivity contribution in [2.45, 2.75) is 32.8 Å². The highest BCUT2D eigenvalue weighted by molar-refractivity contribution is 7.99. The van der Waals surface area contributed by atoms with Crippen LogP contribution in [0.2, 0.25) is 0 Å². The van der Waals surface area contributed by atoms with E-state index >= 15 is 0 Å². The maximum atomic E-state index is 5.83. The van der Waals surface area contributed by atoms with Gasteiger partial charge in [0.25, 0.3) is 0 Å². The van der Waals surface area contributed by atoms with Crippen molar-refractivity contribution < 1.29 is 9.47 Å². The molecule has 1 heterocycles. The molecule has 0 N–H and O–H groups in total. The molecule has 78 valence electrons. The fraction of sp³-hybridized carbons (Fsp3) is 1.00. The van der Waals surface area contributed by atoms with Gasteiger partial charge in [-0.2, -0.15) is 0 Å². The van der Waals surface area contributed by atoms with Crippen LogP contribution in [0.25, 0.3) is 0 Å². The van der Waals surface area contributed by atoms with Gasteiger partial charge in [-0.15, -0.1) is 11.8 Å². The molecule has 0 spiro atoms. The van der Waals surface area contributed by atoms with Crippen LogP contribution >= 0.6 is 11.8 Å². The highest BCUT2D eigenvalue weighted by atomic mass is 32.2. The molecule has 0 radical (unpaired) electrons. The lowest BCUT2D eigenvalue weighted by molar-refractivity contribution is -0.262. The molecule has 0 aromatic rings. The highest BCUT2D eigenvalue weighted by Crippen LogP contribution is 2.40. The summed E-state index contributed by atoms with van der Waals surface area (Å²) in [4.78, 5) is 0. The Morgan fingerprint density at radius 3 is 1.92 bits per heavy atom. The van der Waals surface area contributed by atoms with Gasteiger partial charge in [0.05, 0.1) is 13.2 Å². The molecule has 1 aliphatic heterocycles. The van der Waals surface area contributed by atoms with Gasteiger partial charge >= 0.3 is 0 Å². The van der Waals surface area contributed by atoms with Crippen LogP contribution < -0.4 is 0 Å². The van der Waals surface area contributed by atoms with Crippen molar-refractivity contribution in [1.29, 1.82) is 0 Å². The number of hydrogen-bond donors (Lipinski definition) is 0. The third kappa shape index (κ3) is 2.39. The fourth-order valence-corrected chi connectivity index (χ4v) is 2.19. The first-order valence-electron chi connectivity index (χ1n) is 4.75. The Hall–Kier alpha value is 0.270. The number of rotatable bonds is 2.